The summed E-state index contributed by atoms with van der Waals surface area (Å²) in [4.78, 5) is 11.9. The van der Waals surface area contributed by atoms with Crippen molar-refractivity contribution in [2.24, 2.45) is 0 Å². The lowest BCUT2D eigenvalue weighted by molar-refractivity contribution is 0.0485. The third-order valence-corrected chi connectivity index (χ3v) is 15.1. The average molecular weight is 666 g/mol. The summed E-state index contributed by atoms with van der Waals surface area (Å²) in [6, 6.07) is 21.6. The van der Waals surface area contributed by atoms with Crippen LogP contribution in [-0.4, -0.2) is 77.9 Å². The maximum Gasteiger partial charge on any atom is 0.407 e. The molecule has 1 amide bonds. The smallest absolute Gasteiger partial charge is 0.407 e. The van der Waals surface area contributed by atoms with Crippen LogP contribution in [0.5, 0.6) is 0 Å². The second kappa shape index (κ2) is 21.3. The molecule has 0 heterocycles. The van der Waals surface area contributed by atoms with Gasteiger partial charge in [-0.1, -0.05) is 110 Å². The van der Waals surface area contributed by atoms with Gasteiger partial charge in [0.15, 0.2) is 0 Å². The van der Waals surface area contributed by atoms with Gasteiger partial charge in [0.25, 0.3) is 8.32 Å². The first-order valence-corrected chi connectivity index (χ1v) is 20.0. The molecule has 0 aromatic heterocycles. The lowest BCUT2D eigenvalue weighted by Crippen LogP contribution is -2.66. The molecule has 248 valence electrons. The number of benzene rings is 2. The van der Waals surface area contributed by atoms with E-state index in [-0.39, 0.29) is 9.79 Å². The van der Waals surface area contributed by atoms with Crippen LogP contribution in [-0.2, 0) is 23.4 Å². The summed E-state index contributed by atoms with van der Waals surface area (Å²) in [6.07, 6.45) is 3.24. The van der Waals surface area contributed by atoms with Crippen LogP contribution in [0.1, 0.15) is 67.2 Å². The lowest BCUT2D eigenvalue weighted by atomic mass is 10.1. The molecule has 10 heteroatoms. The Bertz CT molecular complexity index is 984. The summed E-state index contributed by atoms with van der Waals surface area (Å²) >= 11 is 0. The molecule has 2 aromatic rings. The number of alkyl carbamates (subject to hydrolysis) is 1. The number of unbranched alkanes of at least 4 members (excludes halogenated alkanes) is 1. The minimum Gasteiger partial charge on any atom is -0.450 e. The summed E-state index contributed by atoms with van der Waals surface area (Å²) < 4.78 is 28.9. The van der Waals surface area contributed by atoms with Gasteiger partial charge in [0.1, 0.15) is 5.94 Å². The Balaban J connectivity index is 1.61. The molecule has 0 spiro atoms. The maximum atomic E-state index is 11.9. The van der Waals surface area contributed by atoms with Crippen LogP contribution in [0.4, 0.5) is 4.79 Å². The second-order valence-electron chi connectivity index (χ2n) is 12.2. The minimum absolute atomic E-state index is 0.0138. The summed E-state index contributed by atoms with van der Waals surface area (Å²) in [5.74, 6) is 0.620. The highest BCUT2D eigenvalue weighted by atomic mass is 33.1. The standard InChI is InChI=1S/C34H55NO6S2Si/c1-7-22-37-27-28-38-26-21-35-32(36)40-25-20-34(5,6)43-42-29-39-23-14-15-24-41-44(33(2,3)4,30-16-10-8-11-17-30)31-18-12-9-13-19-31/h8-13,16-19H,7,14-15,20-29H2,1-6H3,(H,35,36). The van der Waals surface area contributed by atoms with E-state index in [1.807, 2.05) is 0 Å². The zero-order valence-corrected chi connectivity index (χ0v) is 30.4. The number of hydrogen-bond acceptors (Lipinski definition) is 8. The number of hydrogen-bond donors (Lipinski definition) is 1. The fourth-order valence-corrected chi connectivity index (χ4v) is 11.6. The molecule has 0 saturated heterocycles. The van der Waals surface area contributed by atoms with Crippen molar-refractivity contribution in [3.63, 3.8) is 0 Å². The molecule has 7 nitrogen and oxygen atoms in total. The van der Waals surface area contributed by atoms with Gasteiger partial charge in [-0.25, -0.2) is 4.79 Å². The third-order valence-electron chi connectivity index (χ3n) is 7.01. The maximum absolute atomic E-state index is 11.9. The highest BCUT2D eigenvalue weighted by molar-refractivity contribution is 8.77. The van der Waals surface area contributed by atoms with Gasteiger partial charge >= 0.3 is 6.09 Å². The van der Waals surface area contributed by atoms with Gasteiger partial charge in [0.05, 0.1) is 26.4 Å². The molecule has 0 unspecified atom stereocenters. The Morgan fingerprint density at radius 1 is 0.750 bits per heavy atom. The lowest BCUT2D eigenvalue weighted by Gasteiger charge is -2.43. The van der Waals surface area contributed by atoms with Crippen LogP contribution in [0.2, 0.25) is 5.04 Å². The van der Waals surface area contributed by atoms with Crippen LogP contribution in [0.15, 0.2) is 60.7 Å². The van der Waals surface area contributed by atoms with Gasteiger partial charge in [-0.2, -0.15) is 0 Å². The molecule has 0 fully saturated rings. The number of ether oxygens (including phenoxy) is 4. The number of nitrogens with one attached hydrogen (secondary N) is 1. The van der Waals surface area contributed by atoms with E-state index >= 15 is 0 Å². The molecule has 0 aliphatic carbocycles. The molecule has 1 N–H and O–H groups in total. The summed E-state index contributed by atoms with van der Waals surface area (Å²) in [5, 5.41) is 5.33. The predicted octanol–water partition coefficient (Wildman–Crippen LogP) is 7.04. The van der Waals surface area contributed by atoms with Crippen LogP contribution in [0, 0.1) is 0 Å². The topological polar surface area (TPSA) is 75.3 Å². The van der Waals surface area contributed by atoms with E-state index in [1.54, 1.807) is 21.6 Å². The van der Waals surface area contributed by atoms with Crippen molar-refractivity contribution in [2.45, 2.75) is 77.0 Å². The van der Waals surface area contributed by atoms with Crippen molar-refractivity contribution in [1.29, 1.82) is 0 Å². The monoisotopic (exact) mass is 665 g/mol. The molecule has 0 aliphatic heterocycles. The highest BCUT2D eigenvalue weighted by Gasteiger charge is 2.49. The van der Waals surface area contributed by atoms with Gasteiger partial charge in [-0.15, -0.1) is 0 Å². The van der Waals surface area contributed by atoms with Gasteiger partial charge in [-0.3, -0.25) is 0 Å². The Morgan fingerprint density at radius 3 is 1.93 bits per heavy atom. The van der Waals surface area contributed by atoms with Crippen LogP contribution in [0.3, 0.4) is 0 Å². The Morgan fingerprint density at radius 2 is 1.34 bits per heavy atom. The SMILES string of the molecule is CCCOCCOCCNC(=O)OCCC(C)(C)SSCOCCCCO[Si](c1ccccc1)(c1ccccc1)C(C)(C)C. The molecule has 0 saturated carbocycles. The van der Waals surface area contributed by atoms with Gasteiger partial charge in [0, 0.05) is 31.1 Å². The molecule has 0 atom stereocenters. The van der Waals surface area contributed by atoms with E-state index in [0.29, 0.717) is 52.1 Å². The first kappa shape index (κ1) is 38.6. The van der Waals surface area contributed by atoms with Crippen LogP contribution < -0.4 is 15.7 Å². The molecule has 44 heavy (non-hydrogen) atoms. The largest absolute Gasteiger partial charge is 0.450 e. The average Bonchev–Trinajstić information content (AvgIpc) is 2.99. The van der Waals surface area contributed by atoms with E-state index in [1.165, 1.54) is 10.4 Å². The first-order chi connectivity index (χ1) is 21.1. The fraction of sp³-hybridized carbons (Fsp3) is 0.618. The van der Waals surface area contributed by atoms with Gasteiger partial charge in [-0.05, 0) is 54.9 Å². The predicted molar refractivity (Wildman–Crippen MR) is 189 cm³/mol. The Hall–Kier alpha value is -1.53. The quantitative estimate of drug-likeness (QED) is 0.0587. The normalized spacial score (nSPS) is 12.3. The molecule has 0 aliphatic rings. The van der Waals surface area contributed by atoms with Crippen LogP contribution in [0.25, 0.3) is 0 Å². The fourth-order valence-electron chi connectivity index (χ4n) is 4.74. The first-order valence-electron chi connectivity index (χ1n) is 15.8. The Kier molecular flexibility index (Phi) is 18.7. The molecular formula is C34H55NO6S2Si. The van der Waals surface area contributed by atoms with E-state index in [9.17, 15) is 4.79 Å². The van der Waals surface area contributed by atoms with Crippen molar-refractivity contribution in [3.05, 3.63) is 60.7 Å². The number of carbonyl (C=O) groups is 1. The highest BCUT2D eigenvalue weighted by Crippen LogP contribution is 2.38. The van der Waals surface area contributed by atoms with Crippen molar-refractivity contribution >= 4 is 46.4 Å². The second-order valence-corrected chi connectivity index (χ2v) is 19.5. The molecule has 0 radical (unpaired) electrons. The molecule has 2 rings (SSSR count). The third kappa shape index (κ3) is 14.3. The molecule has 0 bridgehead atoms. The zero-order valence-electron chi connectivity index (χ0n) is 27.7. The van der Waals surface area contributed by atoms with Crippen molar-refractivity contribution in [2.75, 3.05) is 58.7 Å². The van der Waals surface area contributed by atoms with E-state index in [4.69, 9.17) is 23.4 Å². The number of amides is 1. The van der Waals surface area contributed by atoms with Gasteiger partial charge < -0.3 is 28.7 Å². The van der Waals surface area contributed by atoms with E-state index < -0.39 is 14.4 Å². The number of rotatable bonds is 23. The molecular weight excluding hydrogens is 611 g/mol. The molecule has 2 aromatic carbocycles. The van der Waals surface area contributed by atoms with Crippen molar-refractivity contribution in [1.82, 2.24) is 5.32 Å². The zero-order chi connectivity index (χ0) is 32.2. The minimum atomic E-state index is -2.48. The van der Waals surface area contributed by atoms with Crippen molar-refractivity contribution < 1.29 is 28.2 Å². The van der Waals surface area contributed by atoms with E-state index in [2.05, 4.69) is 108 Å². The van der Waals surface area contributed by atoms with Crippen LogP contribution >= 0.6 is 21.6 Å². The van der Waals surface area contributed by atoms with Crippen molar-refractivity contribution in [3.8, 4) is 0 Å². The van der Waals surface area contributed by atoms with Gasteiger partial charge in [0.2, 0.25) is 0 Å². The summed E-state index contributed by atoms with van der Waals surface area (Å²) in [5.41, 5.74) is 0. The Labute approximate surface area is 275 Å². The summed E-state index contributed by atoms with van der Waals surface area (Å²) in [7, 11) is 0.981. The van der Waals surface area contributed by atoms with E-state index in [0.717, 1.165) is 32.3 Å². The number of carbonyl (C=O) groups excluding carboxylic acids is 1. The summed E-state index contributed by atoms with van der Waals surface area (Å²) in [6.45, 7) is 17.8.